The van der Waals surface area contributed by atoms with Gasteiger partial charge in [-0.15, -0.1) is 0 Å². The number of carbonyl (C=O) groups is 1. The molecule has 0 spiro atoms. The number of aryl methyl sites for hydroxylation is 2. The van der Waals surface area contributed by atoms with Crippen LogP contribution in [0.5, 0.6) is 11.6 Å². The van der Waals surface area contributed by atoms with Gasteiger partial charge in [0.15, 0.2) is 0 Å². The van der Waals surface area contributed by atoms with Gasteiger partial charge in [0, 0.05) is 24.2 Å². The van der Waals surface area contributed by atoms with Gasteiger partial charge in [-0.1, -0.05) is 0 Å². The van der Waals surface area contributed by atoms with E-state index in [1.54, 1.807) is 28.5 Å². The van der Waals surface area contributed by atoms with Gasteiger partial charge in [0.1, 0.15) is 17.4 Å². The summed E-state index contributed by atoms with van der Waals surface area (Å²) in [6.45, 7) is 4.41. The molecular weight excluding hydrogens is 390 g/mol. The highest BCUT2D eigenvalue weighted by Gasteiger charge is 2.36. The molecule has 1 fully saturated rings. The molecule has 3 aromatic rings. The molecule has 0 atom stereocenters. The van der Waals surface area contributed by atoms with E-state index in [-0.39, 0.29) is 23.2 Å². The van der Waals surface area contributed by atoms with Crippen LogP contribution >= 0.6 is 0 Å². The fraction of sp³-hybridized carbons (Fsp3) is 0.318. The summed E-state index contributed by atoms with van der Waals surface area (Å²) in [7, 11) is 0. The number of hydrogen-bond acceptors (Lipinski definition) is 4. The Bertz CT molecular complexity index is 1170. The molecule has 154 valence electrons. The van der Waals surface area contributed by atoms with E-state index in [2.05, 4.69) is 9.97 Å². The Morgan fingerprint density at radius 3 is 2.57 bits per heavy atom. The van der Waals surface area contributed by atoms with Crippen molar-refractivity contribution in [3.63, 3.8) is 0 Å². The van der Waals surface area contributed by atoms with Crippen molar-refractivity contribution in [2.24, 2.45) is 5.92 Å². The average molecular weight is 410 g/mol. The summed E-state index contributed by atoms with van der Waals surface area (Å²) in [5.41, 5.74) is 1.75. The van der Waals surface area contributed by atoms with Gasteiger partial charge in [0.25, 0.3) is 5.91 Å². The van der Waals surface area contributed by atoms with Crippen molar-refractivity contribution in [2.75, 3.05) is 6.54 Å². The molecule has 1 aliphatic heterocycles. The maximum atomic E-state index is 15.0. The van der Waals surface area contributed by atoms with Crippen molar-refractivity contribution in [2.45, 2.75) is 33.4 Å². The molecule has 3 heterocycles. The number of fused-ring (bicyclic) bond motifs is 1. The van der Waals surface area contributed by atoms with E-state index in [0.717, 1.165) is 19.4 Å². The summed E-state index contributed by atoms with van der Waals surface area (Å²) in [4.78, 5) is 22.8. The quantitative estimate of drug-likeness (QED) is 0.623. The maximum absolute atomic E-state index is 15.0. The number of imidazole rings is 1. The van der Waals surface area contributed by atoms with Gasteiger partial charge >= 0.3 is 0 Å². The Kier molecular flexibility index (Phi) is 4.30. The second-order valence-electron chi connectivity index (χ2n) is 7.87. The highest BCUT2D eigenvalue weighted by Crippen LogP contribution is 2.36. The summed E-state index contributed by atoms with van der Waals surface area (Å²) >= 11 is 0. The van der Waals surface area contributed by atoms with Crippen molar-refractivity contribution < 1.29 is 18.3 Å². The Hall–Kier alpha value is -3.29. The fourth-order valence-corrected chi connectivity index (χ4v) is 3.79. The Labute approximate surface area is 172 Å². The lowest BCUT2D eigenvalue weighted by Gasteiger charge is -2.16. The van der Waals surface area contributed by atoms with Crippen LogP contribution in [-0.4, -0.2) is 31.9 Å². The van der Waals surface area contributed by atoms with Gasteiger partial charge in [0.2, 0.25) is 11.7 Å². The zero-order valence-electron chi connectivity index (χ0n) is 16.7. The predicted octanol–water partition coefficient (Wildman–Crippen LogP) is 4.46. The monoisotopic (exact) mass is 410 g/mol. The number of rotatable bonds is 5. The standard InChI is InChI=1S/C22H20F2N4O2/c1-12-17(23)7-8-19(25-12)30-15-5-6-16(18(24)9-15)20-13(2)26-21-22(29)27(11-28(20)21)10-14-3-4-14/h5-9,14H,3-4,10-11H2,1-2H3. The Balaban J connectivity index is 1.44. The van der Waals surface area contributed by atoms with Crippen LogP contribution in [0, 0.1) is 31.4 Å². The average Bonchev–Trinajstić information content (AvgIpc) is 3.40. The molecule has 30 heavy (non-hydrogen) atoms. The van der Waals surface area contributed by atoms with E-state index in [0.29, 0.717) is 35.4 Å². The third kappa shape index (κ3) is 3.22. The SMILES string of the molecule is Cc1nc(Oc2ccc(-c3c(C)nc4n3CN(CC3CC3)C4=O)c(F)c2)ccc1F. The normalized spacial score (nSPS) is 15.6. The number of benzene rings is 1. The minimum atomic E-state index is -0.495. The van der Waals surface area contributed by atoms with Gasteiger partial charge < -0.3 is 14.2 Å². The maximum Gasteiger partial charge on any atom is 0.291 e. The lowest BCUT2D eigenvalue weighted by Crippen LogP contribution is -2.27. The van der Waals surface area contributed by atoms with Crippen molar-refractivity contribution >= 4 is 5.91 Å². The molecule has 0 bridgehead atoms. The number of pyridine rings is 1. The van der Waals surface area contributed by atoms with Gasteiger partial charge in [0.05, 0.1) is 23.8 Å². The van der Waals surface area contributed by atoms with Crippen LogP contribution in [0.1, 0.15) is 34.8 Å². The van der Waals surface area contributed by atoms with E-state index >= 15 is 4.39 Å². The number of carbonyl (C=O) groups excluding carboxylic acids is 1. The van der Waals surface area contributed by atoms with Crippen LogP contribution in [0.25, 0.3) is 11.3 Å². The second-order valence-corrected chi connectivity index (χ2v) is 7.87. The summed E-state index contributed by atoms with van der Waals surface area (Å²) in [5.74, 6) is 0.330. The molecule has 0 unspecified atom stereocenters. The highest BCUT2D eigenvalue weighted by atomic mass is 19.1. The van der Waals surface area contributed by atoms with E-state index in [4.69, 9.17) is 4.74 Å². The van der Waals surface area contributed by atoms with Gasteiger partial charge in [-0.3, -0.25) is 4.79 Å². The third-order valence-electron chi connectivity index (χ3n) is 5.52. The first-order valence-corrected chi connectivity index (χ1v) is 9.88. The molecule has 2 aromatic heterocycles. The molecule has 8 heteroatoms. The third-order valence-corrected chi connectivity index (χ3v) is 5.52. The molecule has 0 radical (unpaired) electrons. The zero-order chi connectivity index (χ0) is 21.0. The molecule has 2 aliphatic rings. The first kappa shape index (κ1) is 18.7. The van der Waals surface area contributed by atoms with Gasteiger partial charge in [-0.05, 0) is 50.8 Å². The topological polar surface area (TPSA) is 60.3 Å². The van der Waals surface area contributed by atoms with Gasteiger partial charge in [-0.25, -0.2) is 18.7 Å². The van der Waals surface area contributed by atoms with Crippen molar-refractivity contribution in [3.8, 4) is 22.9 Å². The first-order valence-electron chi connectivity index (χ1n) is 9.88. The molecule has 1 aliphatic carbocycles. The lowest BCUT2D eigenvalue weighted by atomic mass is 10.1. The van der Waals surface area contributed by atoms with E-state index in [9.17, 15) is 9.18 Å². The van der Waals surface area contributed by atoms with Crippen LogP contribution < -0.4 is 4.74 Å². The van der Waals surface area contributed by atoms with Crippen LogP contribution in [0.15, 0.2) is 30.3 Å². The summed E-state index contributed by atoms with van der Waals surface area (Å²) in [6, 6.07) is 7.13. The zero-order valence-corrected chi connectivity index (χ0v) is 16.7. The summed E-state index contributed by atoms with van der Waals surface area (Å²) < 4.78 is 35.7. The minimum absolute atomic E-state index is 0.102. The fourth-order valence-electron chi connectivity index (χ4n) is 3.79. The van der Waals surface area contributed by atoms with Crippen LogP contribution in [-0.2, 0) is 6.67 Å². The molecule has 1 saturated carbocycles. The van der Waals surface area contributed by atoms with Crippen molar-refractivity contribution in [1.82, 2.24) is 19.4 Å². The first-order chi connectivity index (χ1) is 14.4. The second kappa shape index (κ2) is 6.90. The Morgan fingerprint density at radius 2 is 1.87 bits per heavy atom. The lowest BCUT2D eigenvalue weighted by molar-refractivity contribution is 0.0758. The number of nitrogens with zero attached hydrogens (tertiary/aromatic N) is 4. The predicted molar refractivity (Wildman–Crippen MR) is 105 cm³/mol. The van der Waals surface area contributed by atoms with Crippen LogP contribution in [0.4, 0.5) is 8.78 Å². The molecule has 0 saturated heterocycles. The largest absolute Gasteiger partial charge is 0.439 e. The van der Waals surface area contributed by atoms with E-state index < -0.39 is 11.6 Å². The number of hydrogen-bond donors (Lipinski definition) is 0. The van der Waals surface area contributed by atoms with Crippen LogP contribution in [0.2, 0.25) is 0 Å². The molecular formula is C22H20F2N4O2. The van der Waals surface area contributed by atoms with Gasteiger partial charge in [-0.2, -0.15) is 0 Å². The molecule has 5 rings (SSSR count). The molecule has 6 nitrogen and oxygen atoms in total. The molecule has 0 N–H and O–H groups in total. The number of halogens is 2. The molecule has 1 amide bonds. The minimum Gasteiger partial charge on any atom is -0.439 e. The van der Waals surface area contributed by atoms with Crippen LogP contribution in [0.3, 0.4) is 0 Å². The van der Waals surface area contributed by atoms with Crippen molar-refractivity contribution in [3.05, 3.63) is 59.2 Å². The van der Waals surface area contributed by atoms with E-state index in [1.165, 1.54) is 25.1 Å². The number of aromatic nitrogens is 3. The van der Waals surface area contributed by atoms with Crippen molar-refractivity contribution in [1.29, 1.82) is 0 Å². The summed E-state index contributed by atoms with van der Waals surface area (Å²) in [5, 5.41) is 0. The number of ether oxygens (including phenoxy) is 1. The Morgan fingerprint density at radius 1 is 1.07 bits per heavy atom. The molecule has 1 aromatic carbocycles. The number of amides is 1. The van der Waals surface area contributed by atoms with E-state index in [1.807, 2.05) is 0 Å². The summed E-state index contributed by atoms with van der Waals surface area (Å²) in [6.07, 6.45) is 2.30. The highest BCUT2D eigenvalue weighted by molar-refractivity contribution is 5.94. The smallest absolute Gasteiger partial charge is 0.291 e.